The number of nitrogens with one attached hydrogen (secondary N) is 1. The van der Waals surface area contributed by atoms with Crippen molar-refractivity contribution < 1.29 is 19.1 Å². The topological polar surface area (TPSA) is 81.3 Å². The second-order valence-electron chi connectivity index (χ2n) is 4.08. The van der Waals surface area contributed by atoms with E-state index in [1.807, 2.05) is 0 Å². The van der Waals surface area contributed by atoms with E-state index in [1.165, 1.54) is 21.1 Å². The molecule has 0 aliphatic heterocycles. The minimum atomic E-state index is -0.540. The zero-order chi connectivity index (χ0) is 14.7. The van der Waals surface area contributed by atoms with Gasteiger partial charge in [-0.2, -0.15) is 0 Å². The summed E-state index contributed by atoms with van der Waals surface area (Å²) in [6, 6.07) is 5.05. The van der Waals surface area contributed by atoms with E-state index >= 15 is 0 Å². The summed E-state index contributed by atoms with van der Waals surface area (Å²) in [5.41, 5.74) is 1.71. The van der Waals surface area contributed by atoms with Gasteiger partial charge in [0.25, 0.3) is 0 Å². The minimum absolute atomic E-state index is 0.193. The van der Waals surface area contributed by atoms with Crippen molar-refractivity contribution in [2.24, 2.45) is 0 Å². The van der Waals surface area contributed by atoms with E-state index in [1.54, 1.807) is 24.4 Å². The van der Waals surface area contributed by atoms with Crippen molar-refractivity contribution in [3.05, 3.63) is 35.8 Å². The van der Waals surface area contributed by atoms with Gasteiger partial charge in [0.1, 0.15) is 5.69 Å². The van der Waals surface area contributed by atoms with Crippen LogP contribution < -0.4 is 4.74 Å². The lowest BCUT2D eigenvalue weighted by Gasteiger charge is -2.06. The summed E-state index contributed by atoms with van der Waals surface area (Å²) in [5, 5.41) is 0. The number of nitrogens with zero attached hydrogens (tertiary/aromatic N) is 1. The highest BCUT2D eigenvalue weighted by atomic mass is 16.5. The molecule has 20 heavy (non-hydrogen) atoms. The fourth-order valence-electron chi connectivity index (χ4n) is 1.92. The van der Waals surface area contributed by atoms with Crippen molar-refractivity contribution in [2.45, 2.75) is 6.92 Å². The van der Waals surface area contributed by atoms with E-state index in [4.69, 9.17) is 4.74 Å². The maximum atomic E-state index is 11.7. The van der Waals surface area contributed by atoms with E-state index in [0.29, 0.717) is 22.7 Å². The third-order valence-corrected chi connectivity index (χ3v) is 2.83. The number of aromatic nitrogens is 2. The Labute approximate surface area is 115 Å². The lowest BCUT2D eigenvalue weighted by atomic mass is 10.1. The molecule has 0 aliphatic rings. The van der Waals surface area contributed by atoms with E-state index in [2.05, 4.69) is 14.7 Å². The smallest absolute Gasteiger partial charge is 0.354 e. The number of carbonyl (C=O) groups excluding carboxylic acids is 2. The molecule has 2 aromatic heterocycles. The van der Waals surface area contributed by atoms with Gasteiger partial charge in [0, 0.05) is 24.2 Å². The summed E-state index contributed by atoms with van der Waals surface area (Å²) in [5.74, 6) is -0.354. The molecular weight excluding hydrogens is 260 g/mol. The summed E-state index contributed by atoms with van der Waals surface area (Å²) >= 11 is 0. The van der Waals surface area contributed by atoms with E-state index in [-0.39, 0.29) is 11.5 Å². The molecule has 1 N–H and O–H groups in total. The van der Waals surface area contributed by atoms with Crippen LogP contribution in [0.1, 0.15) is 27.9 Å². The van der Waals surface area contributed by atoms with Gasteiger partial charge in [-0.15, -0.1) is 0 Å². The van der Waals surface area contributed by atoms with Gasteiger partial charge in [-0.1, -0.05) is 0 Å². The van der Waals surface area contributed by atoms with E-state index in [0.717, 1.165) is 0 Å². The normalized spacial score (nSPS) is 10.2. The number of rotatable bonds is 4. The Morgan fingerprint density at radius 3 is 2.60 bits per heavy atom. The van der Waals surface area contributed by atoms with Crippen molar-refractivity contribution in [1.82, 2.24) is 9.97 Å². The molecule has 0 unspecified atom stereocenters. The van der Waals surface area contributed by atoms with Crippen LogP contribution in [0.25, 0.3) is 11.1 Å². The fraction of sp³-hybridized carbons (Fsp3) is 0.214. The first-order valence-electron chi connectivity index (χ1n) is 5.90. The van der Waals surface area contributed by atoms with Crippen molar-refractivity contribution in [3.63, 3.8) is 0 Å². The molecule has 0 saturated carbocycles. The highest BCUT2D eigenvalue weighted by molar-refractivity contribution is 6.02. The van der Waals surface area contributed by atoms with Gasteiger partial charge >= 0.3 is 5.97 Å². The van der Waals surface area contributed by atoms with E-state index < -0.39 is 5.97 Å². The first kappa shape index (κ1) is 13.8. The van der Waals surface area contributed by atoms with Gasteiger partial charge in [0.15, 0.2) is 5.78 Å². The van der Waals surface area contributed by atoms with Crippen molar-refractivity contribution in [1.29, 1.82) is 0 Å². The number of Topliss-reactive ketones (excluding diaryl/α,β-unsaturated/α-hetero) is 1. The molecule has 0 aromatic carbocycles. The highest BCUT2D eigenvalue weighted by Crippen LogP contribution is 2.31. The lowest BCUT2D eigenvalue weighted by Crippen LogP contribution is -2.02. The van der Waals surface area contributed by atoms with Gasteiger partial charge in [-0.25, -0.2) is 9.78 Å². The van der Waals surface area contributed by atoms with Crippen LogP contribution in [0.3, 0.4) is 0 Å². The first-order chi connectivity index (χ1) is 9.58. The molecule has 6 nitrogen and oxygen atoms in total. The Morgan fingerprint density at radius 1 is 1.25 bits per heavy atom. The van der Waals surface area contributed by atoms with Crippen LogP contribution in [0.2, 0.25) is 0 Å². The molecule has 0 fully saturated rings. The Hall–Kier alpha value is -2.63. The molecule has 0 aliphatic carbocycles. The van der Waals surface area contributed by atoms with Gasteiger partial charge in [-0.3, -0.25) is 4.79 Å². The largest absolute Gasteiger partial charge is 0.481 e. The quantitative estimate of drug-likeness (QED) is 0.681. The molecular formula is C14H14N2O4. The molecule has 0 amide bonds. The second kappa shape index (κ2) is 5.56. The summed E-state index contributed by atoms with van der Waals surface area (Å²) in [6.45, 7) is 1.42. The summed E-state index contributed by atoms with van der Waals surface area (Å²) in [7, 11) is 2.77. The van der Waals surface area contributed by atoms with Crippen LogP contribution in [0.4, 0.5) is 0 Å². The van der Waals surface area contributed by atoms with Crippen molar-refractivity contribution in [2.75, 3.05) is 14.2 Å². The van der Waals surface area contributed by atoms with Gasteiger partial charge in [0.05, 0.1) is 19.9 Å². The summed E-state index contributed by atoms with van der Waals surface area (Å²) in [4.78, 5) is 30.2. The Morgan fingerprint density at radius 2 is 2.00 bits per heavy atom. The second-order valence-corrected chi connectivity index (χ2v) is 4.08. The molecule has 2 rings (SSSR count). The van der Waals surface area contributed by atoms with Crippen LogP contribution in [0, 0.1) is 0 Å². The van der Waals surface area contributed by atoms with Crippen LogP contribution in [0.15, 0.2) is 24.4 Å². The van der Waals surface area contributed by atoms with Crippen LogP contribution in [-0.2, 0) is 4.74 Å². The number of ketones is 1. The molecule has 2 aromatic rings. The van der Waals surface area contributed by atoms with Crippen LogP contribution in [-0.4, -0.2) is 35.9 Å². The maximum Gasteiger partial charge on any atom is 0.354 e. The third-order valence-electron chi connectivity index (χ3n) is 2.83. The number of ether oxygens (including phenoxy) is 2. The van der Waals surface area contributed by atoms with Gasteiger partial charge in [-0.05, 0) is 18.2 Å². The van der Waals surface area contributed by atoms with Gasteiger partial charge in [0.2, 0.25) is 5.88 Å². The zero-order valence-corrected chi connectivity index (χ0v) is 11.4. The molecule has 0 atom stereocenters. The predicted molar refractivity (Wildman–Crippen MR) is 71.9 cm³/mol. The minimum Gasteiger partial charge on any atom is -0.481 e. The third kappa shape index (κ3) is 2.40. The standard InChI is InChI=1S/C14H14N2O4/c1-8(17)12-10(7-11(16-12)14(18)20-3)9-5-4-6-15-13(9)19-2/h4-7,16H,1-3H3. The number of pyridine rings is 1. The molecule has 104 valence electrons. The number of aromatic amines is 1. The maximum absolute atomic E-state index is 11.7. The molecule has 0 radical (unpaired) electrons. The Bertz CT molecular complexity index is 661. The highest BCUT2D eigenvalue weighted by Gasteiger charge is 2.20. The average Bonchev–Trinajstić information content (AvgIpc) is 2.91. The van der Waals surface area contributed by atoms with Crippen LogP contribution in [0.5, 0.6) is 5.88 Å². The van der Waals surface area contributed by atoms with Crippen LogP contribution >= 0.6 is 0 Å². The van der Waals surface area contributed by atoms with Crippen molar-refractivity contribution >= 4 is 11.8 Å². The summed E-state index contributed by atoms with van der Waals surface area (Å²) < 4.78 is 9.83. The number of carbonyl (C=O) groups is 2. The molecule has 0 spiro atoms. The molecule has 6 heteroatoms. The number of H-pyrrole nitrogens is 1. The lowest BCUT2D eigenvalue weighted by molar-refractivity contribution is 0.0595. The first-order valence-corrected chi connectivity index (χ1v) is 5.90. The number of esters is 1. The number of methoxy groups -OCH3 is 2. The zero-order valence-electron chi connectivity index (χ0n) is 11.4. The SMILES string of the molecule is COC(=O)c1cc(-c2cccnc2OC)c(C(C)=O)[nH]1. The molecule has 2 heterocycles. The average molecular weight is 274 g/mol. The summed E-state index contributed by atoms with van der Waals surface area (Å²) in [6.07, 6.45) is 1.59. The Kier molecular flexibility index (Phi) is 3.84. The molecule has 0 bridgehead atoms. The van der Waals surface area contributed by atoms with E-state index in [9.17, 15) is 9.59 Å². The predicted octanol–water partition coefficient (Wildman–Crippen LogP) is 2.07. The fourth-order valence-corrected chi connectivity index (χ4v) is 1.92. The van der Waals surface area contributed by atoms with Crippen molar-refractivity contribution in [3.8, 4) is 17.0 Å². The number of hydrogen-bond donors (Lipinski definition) is 1. The number of hydrogen-bond acceptors (Lipinski definition) is 5. The monoisotopic (exact) mass is 274 g/mol. The Balaban J connectivity index is 2.63. The molecule has 0 saturated heterocycles. The van der Waals surface area contributed by atoms with Gasteiger partial charge < -0.3 is 14.5 Å².